The molecular weight excluding hydrogens is 761 g/mol. The molecular formula is C39H55Cl3N3Nd. The van der Waals surface area contributed by atoms with Crippen molar-refractivity contribution in [3.63, 3.8) is 0 Å². The van der Waals surface area contributed by atoms with Crippen LogP contribution < -0.4 is 37.2 Å². The van der Waals surface area contributed by atoms with Crippen molar-refractivity contribution in [2.24, 2.45) is 9.98 Å². The van der Waals surface area contributed by atoms with E-state index < -0.39 is 0 Å². The van der Waals surface area contributed by atoms with Gasteiger partial charge in [-0.3, -0.25) is 9.98 Å². The van der Waals surface area contributed by atoms with E-state index in [-0.39, 0.29) is 78.1 Å². The van der Waals surface area contributed by atoms with Gasteiger partial charge in [-0.15, -0.1) is 0 Å². The number of aliphatic imine (C=N–C) groups is 2. The summed E-state index contributed by atoms with van der Waals surface area (Å²) in [7, 11) is 0. The Morgan fingerprint density at radius 1 is 0.500 bits per heavy atom. The van der Waals surface area contributed by atoms with Gasteiger partial charge >= 0.3 is 40.8 Å². The number of rotatable bonds is 16. The first-order valence-corrected chi connectivity index (χ1v) is 16.8. The predicted octanol–water partition coefficient (Wildman–Crippen LogP) is 2.09. The van der Waals surface area contributed by atoms with Gasteiger partial charge in [0.15, 0.2) is 0 Å². The molecule has 0 unspecified atom stereocenters. The smallest absolute Gasteiger partial charge is 1.00 e. The number of hydrogen-bond acceptors (Lipinski definition) is 3. The zero-order chi connectivity index (χ0) is 30.5. The van der Waals surface area contributed by atoms with Gasteiger partial charge in [0.05, 0.1) is 34.2 Å². The van der Waals surface area contributed by atoms with Crippen molar-refractivity contribution in [2.45, 2.75) is 132 Å². The number of hydrogen-bond donors (Lipinski definition) is 0. The first kappa shape index (κ1) is 47.3. The maximum absolute atomic E-state index is 5.27. The van der Waals surface area contributed by atoms with Crippen LogP contribution >= 0.6 is 0 Å². The van der Waals surface area contributed by atoms with E-state index in [1.807, 2.05) is 0 Å². The van der Waals surface area contributed by atoms with Crippen LogP contribution in [0.4, 0.5) is 11.4 Å². The van der Waals surface area contributed by atoms with E-state index in [2.05, 4.69) is 97.9 Å². The van der Waals surface area contributed by atoms with Crippen molar-refractivity contribution >= 4 is 22.8 Å². The van der Waals surface area contributed by atoms with Crippen LogP contribution in [0.25, 0.3) is 0 Å². The molecule has 0 aliphatic heterocycles. The summed E-state index contributed by atoms with van der Waals surface area (Å²) in [5, 5.41) is 0. The number of aryl methyl sites for hydroxylation is 6. The SMILES string of the molecule is CCCc1cc(CCC)c(N=C(C)c2cccc(C(C)=Nc3c(CCC)cc(CCC)cc3CCC)n2)c(CCC)c1.[Cl-].[Cl-].[Cl-].[Nd+3]. The molecule has 0 aliphatic carbocycles. The third kappa shape index (κ3) is 13.6. The molecule has 0 atom stereocenters. The number of pyridine rings is 1. The van der Waals surface area contributed by atoms with Crippen LogP contribution in [0.1, 0.15) is 139 Å². The molecule has 46 heavy (non-hydrogen) atoms. The molecule has 0 saturated carbocycles. The Bertz CT molecular complexity index is 1230. The van der Waals surface area contributed by atoms with Crippen molar-refractivity contribution < 1.29 is 78.1 Å². The summed E-state index contributed by atoms with van der Waals surface area (Å²) < 4.78 is 0. The van der Waals surface area contributed by atoms with Crippen LogP contribution in [0, 0.1) is 40.8 Å². The van der Waals surface area contributed by atoms with Crippen LogP contribution in [-0.2, 0) is 38.5 Å². The van der Waals surface area contributed by atoms with E-state index in [1.165, 1.54) is 46.2 Å². The van der Waals surface area contributed by atoms with E-state index in [9.17, 15) is 0 Å². The van der Waals surface area contributed by atoms with Crippen LogP contribution in [0.2, 0.25) is 0 Å². The predicted molar refractivity (Wildman–Crippen MR) is 185 cm³/mol. The molecule has 0 N–H and O–H groups in total. The first-order valence-electron chi connectivity index (χ1n) is 16.8. The third-order valence-corrected chi connectivity index (χ3v) is 7.86. The van der Waals surface area contributed by atoms with Gasteiger partial charge in [-0.2, -0.15) is 0 Å². The van der Waals surface area contributed by atoms with Gasteiger partial charge in [0.2, 0.25) is 0 Å². The Hall–Kier alpha value is -0.849. The minimum atomic E-state index is 0. The molecule has 1 heterocycles. The van der Waals surface area contributed by atoms with Crippen molar-refractivity contribution in [3.05, 3.63) is 87.2 Å². The van der Waals surface area contributed by atoms with Crippen molar-refractivity contribution in [2.75, 3.05) is 0 Å². The third-order valence-electron chi connectivity index (χ3n) is 7.86. The van der Waals surface area contributed by atoms with Crippen LogP contribution in [-0.4, -0.2) is 16.4 Å². The molecule has 7 heteroatoms. The van der Waals surface area contributed by atoms with Gasteiger partial charge in [0, 0.05) is 0 Å². The molecule has 0 fully saturated rings. The number of benzene rings is 2. The fraction of sp³-hybridized carbons (Fsp3) is 0.513. The monoisotopic (exact) mass is 812 g/mol. The second kappa shape index (κ2) is 25.2. The fourth-order valence-electron chi connectivity index (χ4n) is 5.94. The van der Waals surface area contributed by atoms with E-state index in [4.69, 9.17) is 15.0 Å². The Morgan fingerprint density at radius 2 is 0.783 bits per heavy atom. The van der Waals surface area contributed by atoms with E-state index in [0.29, 0.717) is 0 Å². The Labute approximate surface area is 332 Å². The molecule has 0 spiro atoms. The molecule has 3 aromatic rings. The molecule has 251 valence electrons. The van der Waals surface area contributed by atoms with Crippen molar-refractivity contribution in [3.8, 4) is 0 Å². The van der Waals surface area contributed by atoms with E-state index in [1.54, 1.807) is 0 Å². The maximum atomic E-state index is 5.27. The molecule has 3 nitrogen and oxygen atoms in total. The summed E-state index contributed by atoms with van der Waals surface area (Å²) in [6.07, 6.45) is 13.3. The van der Waals surface area contributed by atoms with Gasteiger partial charge in [0.25, 0.3) is 0 Å². The van der Waals surface area contributed by atoms with Crippen molar-refractivity contribution in [1.29, 1.82) is 0 Å². The number of halogens is 3. The minimum Gasteiger partial charge on any atom is -1.00 e. The quantitative estimate of drug-likeness (QED) is 0.205. The van der Waals surface area contributed by atoms with E-state index in [0.717, 1.165) is 98.4 Å². The van der Waals surface area contributed by atoms with Crippen LogP contribution in [0.3, 0.4) is 0 Å². The number of aromatic nitrogens is 1. The van der Waals surface area contributed by atoms with Crippen LogP contribution in [0.15, 0.2) is 52.4 Å². The number of nitrogens with zero attached hydrogens (tertiary/aromatic N) is 3. The second-order valence-corrected chi connectivity index (χ2v) is 11.8. The van der Waals surface area contributed by atoms with Gasteiger partial charge < -0.3 is 37.2 Å². The van der Waals surface area contributed by atoms with E-state index >= 15 is 0 Å². The second-order valence-electron chi connectivity index (χ2n) is 11.8. The van der Waals surface area contributed by atoms with Gasteiger partial charge in [0.1, 0.15) is 0 Å². The summed E-state index contributed by atoms with van der Waals surface area (Å²) in [6, 6.07) is 15.9. The summed E-state index contributed by atoms with van der Waals surface area (Å²) in [5.41, 5.74) is 14.5. The Kier molecular flexibility index (Phi) is 25.9. The molecule has 0 aliphatic rings. The maximum Gasteiger partial charge on any atom is 3.00 e. The summed E-state index contributed by atoms with van der Waals surface area (Å²) in [4.78, 5) is 15.6. The Balaban J connectivity index is 0. The summed E-state index contributed by atoms with van der Waals surface area (Å²) in [5.74, 6) is 0. The molecule has 3 rings (SSSR count). The minimum absolute atomic E-state index is 0. The first-order chi connectivity index (χ1) is 20.4. The molecule has 0 saturated heterocycles. The topological polar surface area (TPSA) is 37.6 Å². The molecule has 1 radical (unpaired) electrons. The fourth-order valence-corrected chi connectivity index (χ4v) is 5.94. The van der Waals surface area contributed by atoms with Gasteiger partial charge in [-0.25, -0.2) is 4.98 Å². The molecule has 0 amide bonds. The molecule has 0 bridgehead atoms. The summed E-state index contributed by atoms with van der Waals surface area (Å²) >= 11 is 0. The zero-order valence-corrected chi connectivity index (χ0v) is 35.0. The van der Waals surface area contributed by atoms with Crippen molar-refractivity contribution in [1.82, 2.24) is 4.98 Å². The largest absolute Gasteiger partial charge is 3.00 e. The van der Waals surface area contributed by atoms with Gasteiger partial charge in [-0.1, -0.05) is 110 Å². The average Bonchev–Trinajstić information content (AvgIpc) is 2.97. The van der Waals surface area contributed by atoms with Crippen LogP contribution in [0.5, 0.6) is 0 Å². The summed E-state index contributed by atoms with van der Waals surface area (Å²) in [6.45, 7) is 17.8. The molecule has 2 aromatic carbocycles. The van der Waals surface area contributed by atoms with Gasteiger partial charge in [-0.05, 0) is 97.9 Å². The zero-order valence-electron chi connectivity index (χ0n) is 29.5. The standard InChI is InChI=1S/C39H55N3.3ClH.Nd/c1-9-16-30-24-32(18-11-3)38(33(25-30)19-12-4)40-28(7)36-22-15-23-37(42-36)29(8)41-39-34(20-13-5)26-31(17-10-2)27-35(39)21-14-6;;;;/h15,22-27H,9-14,16-21H2,1-8H3;3*1H;/q;;;;+3/p-3. The Morgan fingerprint density at radius 3 is 1.04 bits per heavy atom. The molecule has 1 aromatic heterocycles. The average molecular weight is 816 g/mol. The normalized spacial score (nSPS) is 11.2.